The number of urea groups is 1. The maximum Gasteiger partial charge on any atom is 0.323 e. The Morgan fingerprint density at radius 1 is 1.15 bits per heavy atom. The molecule has 170 valence electrons. The van der Waals surface area contributed by atoms with E-state index >= 15 is 0 Å². The van der Waals surface area contributed by atoms with Gasteiger partial charge >= 0.3 is 6.03 Å². The number of hydrogen-bond donors (Lipinski definition) is 2. The van der Waals surface area contributed by atoms with Crippen molar-refractivity contribution in [2.75, 3.05) is 31.5 Å². The van der Waals surface area contributed by atoms with E-state index in [9.17, 15) is 10.1 Å². The number of nitriles is 1. The van der Waals surface area contributed by atoms with Gasteiger partial charge in [0.15, 0.2) is 5.13 Å². The fourth-order valence-electron chi connectivity index (χ4n) is 4.05. The SMILES string of the molecule is Cc1ncnc2ccc(-c3sc(NC(=O)N4CCCNCC4)nc3-c3cccc(C#N)c3)cc12. The molecule has 1 saturated heterocycles. The summed E-state index contributed by atoms with van der Waals surface area (Å²) in [4.78, 5) is 29.1. The lowest BCUT2D eigenvalue weighted by atomic mass is 10.0. The molecule has 0 spiro atoms. The van der Waals surface area contributed by atoms with E-state index in [2.05, 4.69) is 32.7 Å². The highest BCUT2D eigenvalue weighted by Crippen LogP contribution is 2.40. The van der Waals surface area contributed by atoms with Gasteiger partial charge in [-0.05, 0) is 49.7 Å². The Hall–Kier alpha value is -3.87. The van der Waals surface area contributed by atoms with Crippen molar-refractivity contribution in [3.8, 4) is 27.8 Å². The minimum Gasteiger partial charge on any atom is -0.323 e. The van der Waals surface area contributed by atoms with E-state index in [4.69, 9.17) is 4.98 Å². The highest BCUT2D eigenvalue weighted by atomic mass is 32.1. The Kier molecular flexibility index (Phi) is 6.16. The number of hydrogen-bond acceptors (Lipinski definition) is 7. The van der Waals surface area contributed by atoms with E-state index in [1.165, 1.54) is 11.3 Å². The fraction of sp³-hybridized carbons (Fsp3) is 0.240. The van der Waals surface area contributed by atoms with E-state index in [0.29, 0.717) is 23.8 Å². The van der Waals surface area contributed by atoms with Gasteiger partial charge in [0.1, 0.15) is 6.33 Å². The normalized spacial score (nSPS) is 13.9. The van der Waals surface area contributed by atoms with E-state index in [-0.39, 0.29) is 6.03 Å². The van der Waals surface area contributed by atoms with Crippen molar-refractivity contribution in [2.24, 2.45) is 0 Å². The van der Waals surface area contributed by atoms with Crippen molar-refractivity contribution in [3.05, 3.63) is 60.0 Å². The fourth-order valence-corrected chi connectivity index (χ4v) is 5.02. The number of aryl methyl sites for hydroxylation is 1. The Balaban J connectivity index is 1.57. The molecule has 0 aliphatic carbocycles. The van der Waals surface area contributed by atoms with E-state index in [1.807, 2.05) is 42.2 Å². The highest BCUT2D eigenvalue weighted by Gasteiger charge is 2.20. The van der Waals surface area contributed by atoms with Crippen molar-refractivity contribution < 1.29 is 4.79 Å². The first kappa shape index (κ1) is 21.9. The van der Waals surface area contributed by atoms with E-state index in [0.717, 1.165) is 57.8 Å². The number of nitrogens with one attached hydrogen (secondary N) is 2. The van der Waals surface area contributed by atoms with Gasteiger partial charge in [-0.3, -0.25) is 5.32 Å². The second kappa shape index (κ2) is 9.55. The second-order valence-electron chi connectivity index (χ2n) is 8.10. The molecule has 2 aromatic heterocycles. The third-order valence-corrected chi connectivity index (χ3v) is 6.85. The number of amides is 2. The molecule has 2 amide bonds. The summed E-state index contributed by atoms with van der Waals surface area (Å²) in [5.41, 5.74) is 4.83. The first-order valence-corrected chi connectivity index (χ1v) is 11.9. The van der Waals surface area contributed by atoms with Crippen LogP contribution in [0.25, 0.3) is 32.6 Å². The Labute approximate surface area is 201 Å². The summed E-state index contributed by atoms with van der Waals surface area (Å²) in [6, 6.07) is 15.4. The maximum atomic E-state index is 12.9. The molecule has 1 aliphatic rings. The zero-order chi connectivity index (χ0) is 23.5. The molecule has 3 heterocycles. The van der Waals surface area contributed by atoms with Gasteiger partial charge in [-0.1, -0.05) is 29.5 Å². The van der Waals surface area contributed by atoms with Crippen LogP contribution in [-0.4, -0.2) is 52.1 Å². The van der Waals surface area contributed by atoms with E-state index < -0.39 is 0 Å². The van der Waals surface area contributed by atoms with Crippen LogP contribution in [0.5, 0.6) is 0 Å². The summed E-state index contributed by atoms with van der Waals surface area (Å²) in [6.07, 6.45) is 2.48. The predicted molar refractivity (Wildman–Crippen MR) is 134 cm³/mol. The van der Waals surface area contributed by atoms with Gasteiger partial charge in [-0.15, -0.1) is 0 Å². The molecule has 5 rings (SSSR count). The van der Waals surface area contributed by atoms with Gasteiger partial charge in [-0.25, -0.2) is 19.7 Å². The number of benzene rings is 2. The monoisotopic (exact) mass is 469 g/mol. The van der Waals surface area contributed by atoms with Crippen molar-refractivity contribution in [1.82, 2.24) is 25.2 Å². The van der Waals surface area contributed by atoms with Crippen LogP contribution in [-0.2, 0) is 0 Å². The van der Waals surface area contributed by atoms with Gasteiger partial charge in [0.05, 0.1) is 27.7 Å². The number of anilines is 1. The van der Waals surface area contributed by atoms with Crippen molar-refractivity contribution in [2.45, 2.75) is 13.3 Å². The molecule has 1 aliphatic heterocycles. The van der Waals surface area contributed by atoms with Gasteiger partial charge in [0.2, 0.25) is 0 Å². The molecule has 2 aromatic carbocycles. The van der Waals surface area contributed by atoms with Crippen LogP contribution in [0.1, 0.15) is 17.7 Å². The summed E-state index contributed by atoms with van der Waals surface area (Å²) >= 11 is 1.42. The van der Waals surface area contributed by atoms with Crippen LogP contribution < -0.4 is 10.6 Å². The van der Waals surface area contributed by atoms with Crippen LogP contribution in [0.15, 0.2) is 48.8 Å². The van der Waals surface area contributed by atoms with Crippen molar-refractivity contribution in [1.29, 1.82) is 5.26 Å². The van der Waals surface area contributed by atoms with Crippen molar-refractivity contribution in [3.63, 3.8) is 0 Å². The molecule has 0 unspecified atom stereocenters. The van der Waals surface area contributed by atoms with Gasteiger partial charge in [0, 0.05) is 36.3 Å². The summed E-state index contributed by atoms with van der Waals surface area (Å²) in [5, 5.41) is 17.2. The molecule has 1 fully saturated rings. The number of nitrogens with zero attached hydrogens (tertiary/aromatic N) is 5. The quantitative estimate of drug-likeness (QED) is 0.460. The number of fused-ring (bicyclic) bond motifs is 1. The number of thiazole rings is 1. The number of carbonyl (C=O) groups excluding carboxylic acids is 1. The molecule has 34 heavy (non-hydrogen) atoms. The van der Waals surface area contributed by atoms with Crippen LogP contribution in [0, 0.1) is 18.3 Å². The lowest BCUT2D eigenvalue weighted by Gasteiger charge is -2.19. The third kappa shape index (κ3) is 4.46. The smallest absolute Gasteiger partial charge is 0.323 e. The minimum absolute atomic E-state index is 0.149. The Morgan fingerprint density at radius 2 is 2.06 bits per heavy atom. The topological polar surface area (TPSA) is 107 Å². The zero-order valence-corrected chi connectivity index (χ0v) is 19.5. The summed E-state index contributed by atoms with van der Waals surface area (Å²) in [7, 11) is 0. The lowest BCUT2D eigenvalue weighted by Crippen LogP contribution is -2.37. The second-order valence-corrected chi connectivity index (χ2v) is 9.10. The molecule has 0 atom stereocenters. The average molecular weight is 470 g/mol. The average Bonchev–Trinajstić information content (AvgIpc) is 3.08. The van der Waals surface area contributed by atoms with Crippen LogP contribution in [0.2, 0.25) is 0 Å². The lowest BCUT2D eigenvalue weighted by molar-refractivity contribution is 0.215. The molecule has 2 N–H and O–H groups in total. The van der Waals surface area contributed by atoms with Gasteiger partial charge in [-0.2, -0.15) is 5.26 Å². The molecule has 9 heteroatoms. The maximum absolute atomic E-state index is 12.9. The molecule has 8 nitrogen and oxygen atoms in total. The molecule has 0 bridgehead atoms. The predicted octanol–water partition coefficient (Wildman–Crippen LogP) is 4.43. The number of rotatable bonds is 3. The standard InChI is InChI=1S/C25H23N7OS/c1-16-20-13-19(6-7-21(20)29-15-28-16)23-22(18-5-2-4-17(12-18)14-26)30-24(34-23)31-25(33)32-10-3-8-27-9-11-32/h2,4-7,12-13,15,27H,3,8-11H2,1H3,(H,30,31,33). The highest BCUT2D eigenvalue weighted by molar-refractivity contribution is 7.19. The zero-order valence-electron chi connectivity index (χ0n) is 18.7. The molecule has 4 aromatic rings. The van der Waals surface area contributed by atoms with Crippen LogP contribution in [0.4, 0.5) is 9.93 Å². The summed E-state index contributed by atoms with van der Waals surface area (Å²) < 4.78 is 0. The molecular formula is C25H23N7OS. The minimum atomic E-state index is -0.149. The number of carbonyl (C=O) groups is 1. The first-order chi connectivity index (χ1) is 16.6. The molecule has 0 saturated carbocycles. The molecular weight excluding hydrogens is 446 g/mol. The Bertz CT molecular complexity index is 1400. The van der Waals surface area contributed by atoms with Crippen LogP contribution in [0.3, 0.4) is 0 Å². The summed E-state index contributed by atoms with van der Waals surface area (Å²) in [6.45, 7) is 5.01. The van der Waals surface area contributed by atoms with Crippen LogP contribution >= 0.6 is 11.3 Å². The third-order valence-electron chi connectivity index (χ3n) is 5.83. The van der Waals surface area contributed by atoms with Crippen molar-refractivity contribution >= 4 is 33.4 Å². The first-order valence-electron chi connectivity index (χ1n) is 11.1. The van der Waals surface area contributed by atoms with Gasteiger partial charge < -0.3 is 10.2 Å². The Morgan fingerprint density at radius 3 is 2.94 bits per heavy atom. The summed E-state index contributed by atoms with van der Waals surface area (Å²) in [5.74, 6) is 0. The van der Waals surface area contributed by atoms with Gasteiger partial charge in [0.25, 0.3) is 0 Å². The van der Waals surface area contributed by atoms with E-state index in [1.54, 1.807) is 12.4 Å². The largest absolute Gasteiger partial charge is 0.323 e. The molecule has 0 radical (unpaired) electrons. The number of aromatic nitrogens is 3.